The van der Waals surface area contributed by atoms with Gasteiger partial charge in [-0.2, -0.15) is 0 Å². The Kier molecular flexibility index (Phi) is 3.48. The zero-order chi connectivity index (χ0) is 12.5. The van der Waals surface area contributed by atoms with Crippen LogP contribution in [0.4, 0.5) is 0 Å². The molecule has 92 valence electrons. The van der Waals surface area contributed by atoms with Gasteiger partial charge in [0.25, 0.3) is 0 Å². The van der Waals surface area contributed by atoms with Crippen LogP contribution in [0.15, 0.2) is 29.2 Å². The van der Waals surface area contributed by atoms with E-state index in [9.17, 15) is 4.79 Å². The normalized spacial score (nSPS) is 21.0. The molecule has 1 amide bonds. The fourth-order valence-electron chi connectivity index (χ4n) is 2.01. The summed E-state index contributed by atoms with van der Waals surface area (Å²) >= 11 is 1.72. The SMILES string of the molecule is CSc1cccc(CNC(=O)C2CC2(C)C)c1. The molecule has 3 heteroatoms. The van der Waals surface area contributed by atoms with Gasteiger partial charge in [-0.05, 0) is 35.8 Å². The van der Waals surface area contributed by atoms with E-state index in [2.05, 4.69) is 43.6 Å². The maximum atomic E-state index is 11.8. The molecule has 0 aliphatic heterocycles. The standard InChI is InChI=1S/C14H19NOS/c1-14(2)8-12(14)13(16)15-9-10-5-4-6-11(7-10)17-3/h4-7,12H,8-9H2,1-3H3,(H,15,16). The predicted molar refractivity (Wildman–Crippen MR) is 72.0 cm³/mol. The quantitative estimate of drug-likeness (QED) is 0.831. The van der Waals surface area contributed by atoms with Crippen LogP contribution >= 0.6 is 11.8 Å². The molecule has 1 aliphatic rings. The lowest BCUT2D eigenvalue weighted by atomic mass is 10.1. The van der Waals surface area contributed by atoms with Gasteiger partial charge in [0.1, 0.15) is 0 Å². The Hall–Kier alpha value is -0.960. The van der Waals surface area contributed by atoms with Crippen LogP contribution in [0.25, 0.3) is 0 Å². The zero-order valence-electron chi connectivity index (χ0n) is 10.6. The fraction of sp³-hybridized carbons (Fsp3) is 0.500. The van der Waals surface area contributed by atoms with Crippen molar-refractivity contribution in [1.29, 1.82) is 0 Å². The molecule has 2 rings (SSSR count). The Balaban J connectivity index is 1.87. The summed E-state index contributed by atoms with van der Waals surface area (Å²) < 4.78 is 0. The Morgan fingerprint density at radius 1 is 1.53 bits per heavy atom. The molecule has 0 aromatic heterocycles. The molecule has 0 radical (unpaired) electrons. The van der Waals surface area contributed by atoms with E-state index in [0.717, 1.165) is 6.42 Å². The van der Waals surface area contributed by atoms with E-state index in [1.54, 1.807) is 11.8 Å². The van der Waals surface area contributed by atoms with Crippen LogP contribution in [0.2, 0.25) is 0 Å². The van der Waals surface area contributed by atoms with E-state index in [4.69, 9.17) is 0 Å². The molecule has 1 unspecified atom stereocenters. The van der Waals surface area contributed by atoms with Crippen LogP contribution in [0.5, 0.6) is 0 Å². The first-order valence-corrected chi connectivity index (χ1v) is 7.16. The van der Waals surface area contributed by atoms with Crippen LogP contribution in [0.1, 0.15) is 25.8 Å². The molecule has 1 aromatic rings. The number of thioether (sulfide) groups is 1. The Labute approximate surface area is 107 Å². The van der Waals surface area contributed by atoms with E-state index in [1.165, 1.54) is 10.5 Å². The van der Waals surface area contributed by atoms with Crippen molar-refractivity contribution >= 4 is 17.7 Å². The van der Waals surface area contributed by atoms with Gasteiger partial charge >= 0.3 is 0 Å². The minimum atomic E-state index is 0.199. The van der Waals surface area contributed by atoms with Crippen LogP contribution in [-0.4, -0.2) is 12.2 Å². The third kappa shape index (κ3) is 3.03. The average molecular weight is 249 g/mol. The number of carbonyl (C=O) groups is 1. The van der Waals surface area contributed by atoms with Gasteiger partial charge in [0.15, 0.2) is 0 Å². The van der Waals surface area contributed by atoms with Crippen molar-refractivity contribution in [2.75, 3.05) is 6.26 Å². The lowest BCUT2D eigenvalue weighted by Gasteiger charge is -2.07. The summed E-state index contributed by atoms with van der Waals surface area (Å²) in [5, 5.41) is 3.02. The molecule has 1 fully saturated rings. The molecule has 0 spiro atoms. The number of carbonyl (C=O) groups excluding carboxylic acids is 1. The van der Waals surface area contributed by atoms with Gasteiger partial charge in [0.2, 0.25) is 5.91 Å². The number of hydrogen-bond acceptors (Lipinski definition) is 2. The maximum absolute atomic E-state index is 11.8. The summed E-state index contributed by atoms with van der Waals surface area (Å²) in [6, 6.07) is 8.30. The molecule has 0 heterocycles. The highest BCUT2D eigenvalue weighted by atomic mass is 32.2. The highest BCUT2D eigenvalue weighted by Crippen LogP contribution is 2.51. The average Bonchev–Trinajstić information content (AvgIpc) is 2.96. The molecule has 1 aliphatic carbocycles. The smallest absolute Gasteiger partial charge is 0.223 e. The molecule has 1 N–H and O–H groups in total. The molecule has 1 atom stereocenters. The van der Waals surface area contributed by atoms with Crippen LogP contribution in [0, 0.1) is 11.3 Å². The summed E-state index contributed by atoms with van der Waals surface area (Å²) in [7, 11) is 0. The molecule has 17 heavy (non-hydrogen) atoms. The third-order valence-electron chi connectivity index (χ3n) is 3.43. The van der Waals surface area contributed by atoms with Crippen molar-refractivity contribution in [3.63, 3.8) is 0 Å². The molecular formula is C14H19NOS. The van der Waals surface area contributed by atoms with Crippen LogP contribution in [0.3, 0.4) is 0 Å². The number of amides is 1. The molecular weight excluding hydrogens is 230 g/mol. The minimum Gasteiger partial charge on any atom is -0.352 e. The summed E-state index contributed by atoms with van der Waals surface area (Å²) in [6.07, 6.45) is 3.08. The fourth-order valence-corrected chi connectivity index (χ4v) is 2.49. The highest BCUT2D eigenvalue weighted by Gasteiger charge is 2.50. The number of nitrogens with one attached hydrogen (secondary N) is 1. The van der Waals surface area contributed by atoms with Crippen molar-refractivity contribution in [3.8, 4) is 0 Å². The molecule has 0 bridgehead atoms. The Morgan fingerprint density at radius 3 is 2.82 bits per heavy atom. The third-order valence-corrected chi connectivity index (χ3v) is 4.16. The summed E-state index contributed by atoms with van der Waals surface area (Å²) in [5.74, 6) is 0.413. The van der Waals surface area contributed by atoms with E-state index >= 15 is 0 Å². The summed E-state index contributed by atoms with van der Waals surface area (Å²) in [4.78, 5) is 13.1. The number of benzene rings is 1. The van der Waals surface area contributed by atoms with E-state index in [1.807, 2.05) is 6.07 Å². The lowest BCUT2D eigenvalue weighted by molar-refractivity contribution is -0.123. The summed E-state index contributed by atoms with van der Waals surface area (Å²) in [6.45, 7) is 4.93. The van der Waals surface area contributed by atoms with Gasteiger partial charge in [-0.25, -0.2) is 0 Å². The molecule has 2 nitrogen and oxygen atoms in total. The first kappa shape index (κ1) is 12.5. The second kappa shape index (κ2) is 4.73. The number of hydrogen-bond donors (Lipinski definition) is 1. The first-order chi connectivity index (χ1) is 8.03. The molecule has 0 saturated heterocycles. The van der Waals surface area contributed by atoms with Crippen LogP contribution in [-0.2, 0) is 11.3 Å². The largest absolute Gasteiger partial charge is 0.352 e. The van der Waals surface area contributed by atoms with Crippen LogP contribution < -0.4 is 5.32 Å². The zero-order valence-corrected chi connectivity index (χ0v) is 11.4. The van der Waals surface area contributed by atoms with Crippen molar-refractivity contribution in [2.24, 2.45) is 11.3 Å². The first-order valence-electron chi connectivity index (χ1n) is 5.93. The van der Waals surface area contributed by atoms with Gasteiger partial charge in [0, 0.05) is 17.4 Å². The van der Waals surface area contributed by atoms with Gasteiger partial charge in [-0.15, -0.1) is 11.8 Å². The van der Waals surface area contributed by atoms with E-state index in [-0.39, 0.29) is 17.2 Å². The van der Waals surface area contributed by atoms with Gasteiger partial charge in [-0.3, -0.25) is 4.79 Å². The van der Waals surface area contributed by atoms with E-state index < -0.39 is 0 Å². The van der Waals surface area contributed by atoms with Crippen molar-refractivity contribution in [1.82, 2.24) is 5.32 Å². The summed E-state index contributed by atoms with van der Waals surface area (Å²) in [5.41, 5.74) is 1.38. The van der Waals surface area contributed by atoms with Gasteiger partial charge in [0.05, 0.1) is 0 Å². The molecule has 1 saturated carbocycles. The Morgan fingerprint density at radius 2 is 2.24 bits per heavy atom. The predicted octanol–water partition coefficient (Wildman–Crippen LogP) is 3.07. The van der Waals surface area contributed by atoms with Crippen molar-refractivity contribution in [3.05, 3.63) is 29.8 Å². The maximum Gasteiger partial charge on any atom is 0.223 e. The topological polar surface area (TPSA) is 29.1 Å². The van der Waals surface area contributed by atoms with Crippen molar-refractivity contribution in [2.45, 2.75) is 31.7 Å². The highest BCUT2D eigenvalue weighted by molar-refractivity contribution is 7.98. The van der Waals surface area contributed by atoms with E-state index in [0.29, 0.717) is 6.54 Å². The molecule has 1 aromatic carbocycles. The number of rotatable bonds is 4. The lowest BCUT2D eigenvalue weighted by Crippen LogP contribution is -2.25. The minimum absolute atomic E-state index is 0.199. The Bertz CT molecular complexity index is 428. The second-order valence-corrected chi connectivity index (χ2v) is 6.19. The second-order valence-electron chi connectivity index (χ2n) is 5.31. The monoisotopic (exact) mass is 249 g/mol. The van der Waals surface area contributed by atoms with Gasteiger partial charge in [-0.1, -0.05) is 26.0 Å². The van der Waals surface area contributed by atoms with Crippen molar-refractivity contribution < 1.29 is 4.79 Å². The van der Waals surface area contributed by atoms with Gasteiger partial charge < -0.3 is 5.32 Å².